The minimum atomic E-state index is -1.47. The van der Waals surface area contributed by atoms with Crippen molar-refractivity contribution < 1.29 is 13.9 Å². The second kappa shape index (κ2) is 3.89. The molecule has 3 rings (SSSR count). The standard InChI is InChI=1S/C15H12F2O/c16-12-6-3-7-13(17)14(12)15(18)8-10-4-1-2-5-11(10)9-15/h1-7,18H,8-9H2. The zero-order valence-corrected chi connectivity index (χ0v) is 9.66. The molecular formula is C15H12F2O. The van der Waals surface area contributed by atoms with Crippen LogP contribution in [0.3, 0.4) is 0 Å². The minimum Gasteiger partial charge on any atom is -0.384 e. The lowest BCUT2D eigenvalue weighted by Crippen LogP contribution is -2.29. The topological polar surface area (TPSA) is 20.2 Å². The molecule has 0 radical (unpaired) electrons. The molecular weight excluding hydrogens is 234 g/mol. The van der Waals surface area contributed by atoms with Crippen molar-refractivity contribution in [1.29, 1.82) is 0 Å². The van der Waals surface area contributed by atoms with Gasteiger partial charge in [-0.15, -0.1) is 0 Å². The Morgan fingerprint density at radius 1 is 0.833 bits per heavy atom. The molecule has 0 aliphatic heterocycles. The normalized spacial score (nSPS) is 16.6. The highest BCUT2D eigenvalue weighted by atomic mass is 19.1. The van der Waals surface area contributed by atoms with E-state index in [1.54, 1.807) is 0 Å². The van der Waals surface area contributed by atoms with E-state index in [1.165, 1.54) is 18.2 Å². The first-order chi connectivity index (χ1) is 8.60. The lowest BCUT2D eigenvalue weighted by molar-refractivity contribution is 0.0405. The number of benzene rings is 2. The number of aliphatic hydroxyl groups is 1. The molecule has 0 unspecified atom stereocenters. The van der Waals surface area contributed by atoms with Crippen molar-refractivity contribution in [3.63, 3.8) is 0 Å². The van der Waals surface area contributed by atoms with Crippen molar-refractivity contribution in [2.24, 2.45) is 0 Å². The summed E-state index contributed by atoms with van der Waals surface area (Å²) in [5.74, 6) is -1.38. The SMILES string of the molecule is OC1(c2c(F)cccc2F)Cc2ccccc2C1. The summed E-state index contributed by atoms with van der Waals surface area (Å²) in [7, 11) is 0. The Hall–Kier alpha value is -1.74. The molecule has 0 spiro atoms. The monoisotopic (exact) mass is 246 g/mol. The molecule has 1 aliphatic carbocycles. The summed E-state index contributed by atoms with van der Waals surface area (Å²) < 4.78 is 27.5. The first kappa shape index (κ1) is 11.4. The predicted molar refractivity (Wildman–Crippen MR) is 64.1 cm³/mol. The van der Waals surface area contributed by atoms with Crippen molar-refractivity contribution in [3.05, 3.63) is 70.8 Å². The van der Waals surface area contributed by atoms with Crippen LogP contribution >= 0.6 is 0 Å². The van der Waals surface area contributed by atoms with Gasteiger partial charge in [-0.3, -0.25) is 0 Å². The number of fused-ring (bicyclic) bond motifs is 1. The maximum Gasteiger partial charge on any atom is 0.132 e. The maximum atomic E-state index is 13.8. The predicted octanol–water partition coefficient (Wildman–Crippen LogP) is 2.95. The second-order valence-corrected chi connectivity index (χ2v) is 4.75. The van der Waals surface area contributed by atoms with Crippen LogP contribution in [0.2, 0.25) is 0 Å². The first-order valence-corrected chi connectivity index (χ1v) is 5.84. The van der Waals surface area contributed by atoms with Gasteiger partial charge in [-0.05, 0) is 23.3 Å². The molecule has 1 aliphatic rings. The van der Waals surface area contributed by atoms with E-state index in [0.717, 1.165) is 11.1 Å². The van der Waals surface area contributed by atoms with Gasteiger partial charge in [0.05, 0.1) is 5.56 Å². The van der Waals surface area contributed by atoms with E-state index < -0.39 is 17.2 Å². The fourth-order valence-electron chi connectivity index (χ4n) is 2.71. The van der Waals surface area contributed by atoms with Crippen LogP contribution < -0.4 is 0 Å². The highest BCUT2D eigenvalue weighted by molar-refractivity contribution is 5.40. The molecule has 0 fully saturated rings. The molecule has 2 aromatic rings. The maximum absolute atomic E-state index is 13.8. The molecule has 92 valence electrons. The van der Waals surface area contributed by atoms with E-state index in [9.17, 15) is 13.9 Å². The van der Waals surface area contributed by atoms with Gasteiger partial charge in [-0.2, -0.15) is 0 Å². The van der Waals surface area contributed by atoms with Crippen molar-refractivity contribution in [3.8, 4) is 0 Å². The third-order valence-corrected chi connectivity index (χ3v) is 3.51. The van der Waals surface area contributed by atoms with Crippen molar-refractivity contribution >= 4 is 0 Å². The van der Waals surface area contributed by atoms with Gasteiger partial charge < -0.3 is 5.11 Å². The van der Waals surface area contributed by atoms with Gasteiger partial charge in [-0.1, -0.05) is 30.3 Å². The average molecular weight is 246 g/mol. The average Bonchev–Trinajstić information content (AvgIpc) is 2.65. The molecule has 0 saturated carbocycles. The Labute approximate surface area is 104 Å². The lowest BCUT2D eigenvalue weighted by atomic mass is 9.90. The fraction of sp³-hybridized carbons (Fsp3) is 0.200. The van der Waals surface area contributed by atoms with Crippen molar-refractivity contribution in [2.45, 2.75) is 18.4 Å². The molecule has 0 bridgehead atoms. The molecule has 0 saturated heterocycles. The van der Waals surface area contributed by atoms with Crippen LogP contribution in [0.4, 0.5) is 8.78 Å². The van der Waals surface area contributed by atoms with E-state index >= 15 is 0 Å². The third kappa shape index (κ3) is 1.63. The van der Waals surface area contributed by atoms with Gasteiger partial charge in [0.25, 0.3) is 0 Å². The molecule has 0 amide bonds. The van der Waals surface area contributed by atoms with Crippen LogP contribution in [0.1, 0.15) is 16.7 Å². The Balaban J connectivity index is 2.09. The van der Waals surface area contributed by atoms with Crippen LogP contribution in [0.15, 0.2) is 42.5 Å². The molecule has 2 aromatic carbocycles. The smallest absolute Gasteiger partial charge is 0.132 e. The summed E-state index contributed by atoms with van der Waals surface area (Å²) in [5.41, 5.74) is 0.200. The number of rotatable bonds is 1. The largest absolute Gasteiger partial charge is 0.384 e. The summed E-state index contributed by atoms with van der Waals surface area (Å²) in [4.78, 5) is 0. The van der Waals surface area contributed by atoms with Gasteiger partial charge in [0.15, 0.2) is 0 Å². The Morgan fingerprint density at radius 3 is 1.83 bits per heavy atom. The van der Waals surface area contributed by atoms with E-state index in [-0.39, 0.29) is 18.4 Å². The summed E-state index contributed by atoms with van der Waals surface area (Å²) >= 11 is 0. The zero-order chi connectivity index (χ0) is 12.8. The summed E-state index contributed by atoms with van der Waals surface area (Å²) in [5, 5.41) is 10.6. The molecule has 0 atom stereocenters. The van der Waals surface area contributed by atoms with Crippen LogP contribution in [-0.2, 0) is 18.4 Å². The van der Waals surface area contributed by atoms with E-state index in [1.807, 2.05) is 24.3 Å². The van der Waals surface area contributed by atoms with Gasteiger partial charge in [0.1, 0.15) is 17.2 Å². The zero-order valence-electron chi connectivity index (χ0n) is 9.66. The van der Waals surface area contributed by atoms with Crippen LogP contribution in [0.5, 0.6) is 0 Å². The van der Waals surface area contributed by atoms with Crippen molar-refractivity contribution in [2.75, 3.05) is 0 Å². The molecule has 3 heteroatoms. The number of hydrogen-bond donors (Lipinski definition) is 1. The number of halogens is 2. The quantitative estimate of drug-likeness (QED) is 0.820. The summed E-state index contributed by atoms with van der Waals surface area (Å²) in [6.07, 6.45) is 0.502. The summed E-state index contributed by atoms with van der Waals surface area (Å²) in [6.45, 7) is 0. The molecule has 1 nitrogen and oxygen atoms in total. The second-order valence-electron chi connectivity index (χ2n) is 4.75. The van der Waals surface area contributed by atoms with E-state index in [4.69, 9.17) is 0 Å². The highest BCUT2D eigenvalue weighted by Crippen LogP contribution is 2.39. The first-order valence-electron chi connectivity index (χ1n) is 5.84. The summed E-state index contributed by atoms with van der Waals surface area (Å²) in [6, 6.07) is 11.2. The number of hydrogen-bond acceptors (Lipinski definition) is 1. The van der Waals surface area contributed by atoms with Gasteiger partial charge in [0, 0.05) is 12.8 Å². The highest BCUT2D eigenvalue weighted by Gasteiger charge is 2.40. The Kier molecular flexibility index (Phi) is 2.45. The van der Waals surface area contributed by atoms with Gasteiger partial charge in [0.2, 0.25) is 0 Å². The van der Waals surface area contributed by atoms with E-state index in [0.29, 0.717) is 0 Å². The molecule has 18 heavy (non-hydrogen) atoms. The van der Waals surface area contributed by atoms with Gasteiger partial charge >= 0.3 is 0 Å². The van der Waals surface area contributed by atoms with Crippen LogP contribution in [-0.4, -0.2) is 5.11 Å². The van der Waals surface area contributed by atoms with Crippen LogP contribution in [0.25, 0.3) is 0 Å². The Morgan fingerprint density at radius 2 is 1.33 bits per heavy atom. The molecule has 0 aromatic heterocycles. The van der Waals surface area contributed by atoms with E-state index in [2.05, 4.69) is 0 Å². The van der Waals surface area contributed by atoms with Crippen molar-refractivity contribution in [1.82, 2.24) is 0 Å². The lowest BCUT2D eigenvalue weighted by Gasteiger charge is -2.23. The Bertz CT molecular complexity index is 562. The minimum absolute atomic E-state index is 0.221. The molecule has 1 N–H and O–H groups in total. The van der Waals surface area contributed by atoms with Gasteiger partial charge in [-0.25, -0.2) is 8.78 Å². The third-order valence-electron chi connectivity index (χ3n) is 3.51. The van der Waals surface area contributed by atoms with Crippen LogP contribution in [0, 0.1) is 11.6 Å². The molecule has 0 heterocycles. The fourth-order valence-corrected chi connectivity index (χ4v) is 2.71.